The zero-order valence-corrected chi connectivity index (χ0v) is 18.4. The Balaban J connectivity index is 1.59. The van der Waals surface area contributed by atoms with E-state index in [1.54, 1.807) is 18.3 Å². The van der Waals surface area contributed by atoms with Gasteiger partial charge in [-0.1, -0.05) is 0 Å². The first-order valence-corrected chi connectivity index (χ1v) is 11.4. The summed E-state index contributed by atoms with van der Waals surface area (Å²) in [6.07, 6.45) is 2.24. The molecule has 33 heavy (non-hydrogen) atoms. The summed E-state index contributed by atoms with van der Waals surface area (Å²) in [5.74, 6) is 0.0736. The van der Waals surface area contributed by atoms with Gasteiger partial charge in [0.2, 0.25) is 5.88 Å². The molecule has 0 amide bonds. The topological polar surface area (TPSA) is 145 Å². The van der Waals surface area contributed by atoms with E-state index in [1.807, 2.05) is 0 Å². The van der Waals surface area contributed by atoms with Crippen LogP contribution in [0, 0.1) is 5.82 Å². The summed E-state index contributed by atoms with van der Waals surface area (Å²) in [4.78, 5) is 8.39. The summed E-state index contributed by atoms with van der Waals surface area (Å²) in [5.41, 5.74) is 6.87. The van der Waals surface area contributed by atoms with Gasteiger partial charge in [-0.2, -0.15) is 10.1 Å². The number of nitrogens with one attached hydrogen (secondary N) is 2. The van der Waals surface area contributed by atoms with Crippen LogP contribution < -0.4 is 19.9 Å². The molecule has 0 aliphatic heterocycles. The van der Waals surface area contributed by atoms with Crippen molar-refractivity contribution in [3.63, 3.8) is 0 Å². The van der Waals surface area contributed by atoms with Gasteiger partial charge in [-0.3, -0.25) is 9.82 Å². The van der Waals surface area contributed by atoms with E-state index in [-0.39, 0.29) is 11.4 Å². The van der Waals surface area contributed by atoms with Crippen LogP contribution in [-0.4, -0.2) is 48.8 Å². The van der Waals surface area contributed by atoms with E-state index < -0.39 is 20.7 Å². The molecule has 12 heteroatoms. The molecule has 0 radical (unpaired) electrons. The van der Waals surface area contributed by atoms with Crippen molar-refractivity contribution in [1.29, 1.82) is 0 Å². The minimum Gasteiger partial charge on any atom is -0.497 e. The van der Waals surface area contributed by atoms with Crippen molar-refractivity contribution < 1.29 is 22.3 Å². The predicted molar refractivity (Wildman–Crippen MR) is 120 cm³/mol. The molecule has 4 N–H and O–H groups in total. The zero-order valence-electron chi connectivity index (χ0n) is 17.6. The Morgan fingerprint density at radius 3 is 2.67 bits per heavy atom. The SMILES string of the molecule is COc1ccc(F)c(S(=O)(=O)Nc2ccc(-c3nc(OCCCN)c4cn[nH]c4n3)cc2)c1. The van der Waals surface area contributed by atoms with Gasteiger partial charge in [-0.25, -0.2) is 17.8 Å². The molecule has 0 spiro atoms. The number of hydrogen-bond donors (Lipinski definition) is 3. The van der Waals surface area contributed by atoms with Gasteiger partial charge in [0.25, 0.3) is 10.0 Å². The van der Waals surface area contributed by atoms with Crippen molar-refractivity contribution in [1.82, 2.24) is 20.2 Å². The van der Waals surface area contributed by atoms with E-state index in [0.717, 1.165) is 12.1 Å². The molecule has 2 aromatic carbocycles. The Morgan fingerprint density at radius 2 is 1.94 bits per heavy atom. The second-order valence-electron chi connectivity index (χ2n) is 6.95. The maximum absolute atomic E-state index is 14.1. The number of rotatable bonds is 9. The van der Waals surface area contributed by atoms with E-state index in [0.29, 0.717) is 47.9 Å². The Hall–Kier alpha value is -3.77. The Labute approximate surface area is 189 Å². The summed E-state index contributed by atoms with van der Waals surface area (Å²) < 4.78 is 52.5. The monoisotopic (exact) mass is 472 g/mol. The van der Waals surface area contributed by atoms with Gasteiger partial charge < -0.3 is 15.2 Å². The van der Waals surface area contributed by atoms with Gasteiger partial charge in [-0.15, -0.1) is 0 Å². The lowest BCUT2D eigenvalue weighted by molar-refractivity contribution is 0.305. The second kappa shape index (κ2) is 9.38. The van der Waals surface area contributed by atoms with Gasteiger partial charge in [-0.05, 0) is 49.4 Å². The molecule has 10 nitrogen and oxygen atoms in total. The highest BCUT2D eigenvalue weighted by molar-refractivity contribution is 7.92. The molecule has 0 aliphatic rings. The van der Waals surface area contributed by atoms with Crippen molar-refractivity contribution in [2.75, 3.05) is 25.0 Å². The smallest absolute Gasteiger partial charge is 0.264 e. The van der Waals surface area contributed by atoms with E-state index in [2.05, 4.69) is 24.9 Å². The number of H-pyrrole nitrogens is 1. The molecule has 0 saturated carbocycles. The van der Waals surface area contributed by atoms with Crippen LogP contribution in [-0.2, 0) is 10.0 Å². The highest BCUT2D eigenvalue weighted by Crippen LogP contribution is 2.27. The van der Waals surface area contributed by atoms with Crippen LogP contribution >= 0.6 is 0 Å². The first kappa shape index (κ1) is 22.4. The maximum Gasteiger partial charge on any atom is 0.264 e. The molecular weight excluding hydrogens is 451 g/mol. The number of hydrogen-bond acceptors (Lipinski definition) is 8. The lowest BCUT2D eigenvalue weighted by atomic mass is 10.2. The number of nitrogens with two attached hydrogens (primary N) is 1. The highest BCUT2D eigenvalue weighted by atomic mass is 32.2. The Kier molecular flexibility index (Phi) is 6.38. The van der Waals surface area contributed by atoms with Gasteiger partial charge >= 0.3 is 0 Å². The second-order valence-corrected chi connectivity index (χ2v) is 8.61. The van der Waals surface area contributed by atoms with Crippen LogP contribution in [0.2, 0.25) is 0 Å². The highest BCUT2D eigenvalue weighted by Gasteiger charge is 2.20. The van der Waals surface area contributed by atoms with Crippen LogP contribution in [0.15, 0.2) is 53.6 Å². The molecule has 0 bridgehead atoms. The van der Waals surface area contributed by atoms with Gasteiger partial charge in [0, 0.05) is 17.3 Å². The summed E-state index contributed by atoms with van der Waals surface area (Å²) in [7, 11) is -2.81. The van der Waals surface area contributed by atoms with Gasteiger partial charge in [0.15, 0.2) is 11.5 Å². The number of nitrogens with zero attached hydrogens (tertiary/aromatic N) is 3. The fourth-order valence-electron chi connectivity index (χ4n) is 3.01. The van der Waals surface area contributed by atoms with Crippen molar-refractivity contribution in [3.8, 4) is 23.0 Å². The fraction of sp³-hybridized carbons (Fsp3) is 0.190. The summed E-state index contributed by atoms with van der Waals surface area (Å²) in [6.45, 7) is 0.887. The number of aromatic amines is 1. The number of benzene rings is 2. The van der Waals surface area contributed by atoms with Crippen molar-refractivity contribution in [3.05, 3.63) is 54.5 Å². The van der Waals surface area contributed by atoms with Crippen molar-refractivity contribution in [2.24, 2.45) is 5.73 Å². The summed E-state index contributed by atoms with van der Waals surface area (Å²) in [5, 5.41) is 7.41. The molecule has 0 aliphatic carbocycles. The van der Waals surface area contributed by atoms with Gasteiger partial charge in [0.05, 0.1) is 19.9 Å². The fourth-order valence-corrected chi connectivity index (χ4v) is 4.17. The van der Waals surface area contributed by atoms with E-state index in [1.165, 1.54) is 25.3 Å². The average Bonchev–Trinajstić information content (AvgIpc) is 3.28. The zero-order chi connectivity index (χ0) is 23.4. The normalized spacial score (nSPS) is 11.5. The number of aromatic nitrogens is 4. The molecular formula is C21H21FN6O4S. The molecule has 172 valence electrons. The minimum absolute atomic E-state index is 0.225. The molecule has 2 aromatic heterocycles. The van der Waals surface area contributed by atoms with E-state index >= 15 is 0 Å². The molecule has 4 aromatic rings. The van der Waals surface area contributed by atoms with Crippen LogP contribution in [0.1, 0.15) is 6.42 Å². The molecule has 0 atom stereocenters. The third-order valence-electron chi connectivity index (χ3n) is 4.69. The van der Waals surface area contributed by atoms with Gasteiger partial charge in [0.1, 0.15) is 21.8 Å². The van der Waals surface area contributed by atoms with Crippen LogP contribution in [0.3, 0.4) is 0 Å². The quantitative estimate of drug-likeness (QED) is 0.315. The lowest BCUT2D eigenvalue weighted by Gasteiger charge is -2.11. The van der Waals surface area contributed by atoms with E-state index in [9.17, 15) is 12.8 Å². The number of fused-ring (bicyclic) bond motifs is 1. The largest absolute Gasteiger partial charge is 0.497 e. The third kappa shape index (κ3) is 4.86. The van der Waals surface area contributed by atoms with Crippen molar-refractivity contribution >= 4 is 26.7 Å². The minimum atomic E-state index is -4.17. The third-order valence-corrected chi connectivity index (χ3v) is 6.08. The van der Waals surface area contributed by atoms with E-state index in [4.69, 9.17) is 15.2 Å². The summed E-state index contributed by atoms with van der Waals surface area (Å²) in [6, 6.07) is 9.83. The van der Waals surface area contributed by atoms with Crippen LogP contribution in [0.25, 0.3) is 22.4 Å². The van der Waals surface area contributed by atoms with Crippen LogP contribution in [0.4, 0.5) is 10.1 Å². The molecule has 0 saturated heterocycles. The first-order valence-electron chi connectivity index (χ1n) is 9.92. The Bertz CT molecular complexity index is 1380. The van der Waals surface area contributed by atoms with Crippen molar-refractivity contribution in [2.45, 2.75) is 11.3 Å². The lowest BCUT2D eigenvalue weighted by Crippen LogP contribution is -2.14. The number of sulfonamides is 1. The molecule has 2 heterocycles. The maximum atomic E-state index is 14.1. The van der Waals surface area contributed by atoms with Crippen LogP contribution in [0.5, 0.6) is 11.6 Å². The number of anilines is 1. The number of ether oxygens (including phenoxy) is 2. The summed E-state index contributed by atoms with van der Waals surface area (Å²) >= 11 is 0. The number of methoxy groups -OCH3 is 1. The number of halogens is 1. The molecule has 0 fully saturated rings. The Morgan fingerprint density at radius 1 is 1.15 bits per heavy atom. The standard InChI is InChI=1S/C21H21FN6O4S/c1-31-15-7-8-17(22)18(11-15)33(29,30)28-14-5-3-13(4-6-14)19-25-20-16(12-24-27-20)21(26-19)32-10-2-9-23/h3-8,11-12,28H,2,9-10,23H2,1H3,(H,24,25,26,27). The first-order chi connectivity index (χ1) is 15.9. The molecule has 4 rings (SSSR count). The predicted octanol–water partition coefficient (Wildman–Crippen LogP) is 2.70. The average molecular weight is 473 g/mol. The molecule has 0 unspecified atom stereocenters.